The first-order chi connectivity index (χ1) is 5.49. The Bertz CT molecular complexity index is 189. The van der Waals surface area contributed by atoms with Gasteiger partial charge in [-0.3, -0.25) is 10.1 Å². The molecule has 1 aliphatic heterocycles. The first kappa shape index (κ1) is 9.52. The highest BCUT2D eigenvalue weighted by molar-refractivity contribution is 5.84. The summed E-state index contributed by atoms with van der Waals surface area (Å²) < 4.78 is 0. The van der Waals surface area contributed by atoms with Crippen LogP contribution in [0.1, 0.15) is 34.1 Å². The van der Waals surface area contributed by atoms with E-state index in [9.17, 15) is 4.79 Å². The lowest BCUT2D eigenvalue weighted by atomic mass is 10.2. The van der Waals surface area contributed by atoms with E-state index in [2.05, 4.69) is 12.2 Å². The highest BCUT2D eigenvalue weighted by Crippen LogP contribution is 2.20. The molecule has 1 N–H and O–H groups in total. The second kappa shape index (κ2) is 3.05. The molecule has 0 spiro atoms. The summed E-state index contributed by atoms with van der Waals surface area (Å²) in [5.41, 5.74) is -0.160. The predicted octanol–water partition coefficient (Wildman–Crippen LogP) is 0.953. The molecule has 0 radical (unpaired) electrons. The van der Waals surface area contributed by atoms with Crippen molar-refractivity contribution < 1.29 is 4.79 Å². The molecule has 0 bridgehead atoms. The number of nitrogens with one attached hydrogen (secondary N) is 1. The molecule has 0 saturated carbocycles. The number of hydrogen-bond acceptors (Lipinski definition) is 2. The fourth-order valence-electron chi connectivity index (χ4n) is 1.79. The second-order valence-corrected chi connectivity index (χ2v) is 3.91. The molecule has 1 saturated heterocycles. The van der Waals surface area contributed by atoms with Gasteiger partial charge in [0, 0.05) is 6.54 Å². The van der Waals surface area contributed by atoms with E-state index >= 15 is 0 Å². The maximum atomic E-state index is 11.6. The fourth-order valence-corrected chi connectivity index (χ4v) is 1.79. The van der Waals surface area contributed by atoms with Crippen molar-refractivity contribution in [3.05, 3.63) is 0 Å². The van der Waals surface area contributed by atoms with E-state index in [1.165, 1.54) is 0 Å². The zero-order valence-corrected chi connectivity index (χ0v) is 8.35. The molecule has 3 nitrogen and oxygen atoms in total. The van der Waals surface area contributed by atoms with Gasteiger partial charge in [0.2, 0.25) is 5.91 Å². The fraction of sp³-hybridized carbons (Fsp3) is 0.889. The van der Waals surface area contributed by atoms with Gasteiger partial charge < -0.3 is 4.90 Å². The molecule has 0 aromatic heterocycles. The number of nitrogens with zero attached hydrogens (tertiary/aromatic N) is 1. The third-order valence-electron chi connectivity index (χ3n) is 2.33. The summed E-state index contributed by atoms with van der Waals surface area (Å²) in [4.78, 5) is 13.5. The first-order valence-corrected chi connectivity index (χ1v) is 4.58. The third kappa shape index (κ3) is 1.46. The molecule has 3 heteroatoms. The van der Waals surface area contributed by atoms with Crippen molar-refractivity contribution in [2.45, 2.75) is 45.8 Å². The quantitative estimate of drug-likeness (QED) is 0.669. The zero-order valence-electron chi connectivity index (χ0n) is 8.35. The molecule has 1 unspecified atom stereocenters. The van der Waals surface area contributed by atoms with Crippen LogP contribution < -0.4 is 5.32 Å². The van der Waals surface area contributed by atoms with Crippen LogP contribution in [0.5, 0.6) is 0 Å². The van der Waals surface area contributed by atoms with Crippen LogP contribution >= 0.6 is 0 Å². The number of carbonyl (C=O) groups is 1. The molecule has 1 heterocycles. The molecule has 1 fully saturated rings. The van der Waals surface area contributed by atoms with E-state index in [-0.39, 0.29) is 17.6 Å². The second-order valence-electron chi connectivity index (χ2n) is 3.91. The van der Waals surface area contributed by atoms with Gasteiger partial charge in [-0.15, -0.1) is 0 Å². The lowest BCUT2D eigenvalue weighted by molar-refractivity contribution is -0.131. The van der Waals surface area contributed by atoms with Crippen LogP contribution in [-0.2, 0) is 4.79 Å². The van der Waals surface area contributed by atoms with Gasteiger partial charge in [0.25, 0.3) is 0 Å². The molecule has 0 aromatic rings. The molecular weight excluding hydrogens is 152 g/mol. The minimum Gasteiger partial charge on any atom is -0.324 e. The van der Waals surface area contributed by atoms with E-state index in [1.807, 2.05) is 25.7 Å². The average molecular weight is 170 g/mol. The summed E-state index contributed by atoms with van der Waals surface area (Å²) in [6.45, 7) is 8.95. The Labute approximate surface area is 74.1 Å². The van der Waals surface area contributed by atoms with Crippen LogP contribution in [0.25, 0.3) is 0 Å². The van der Waals surface area contributed by atoms with Crippen LogP contribution in [-0.4, -0.2) is 29.1 Å². The van der Waals surface area contributed by atoms with Crippen molar-refractivity contribution in [1.82, 2.24) is 10.2 Å². The Kier molecular flexibility index (Phi) is 2.42. The summed E-state index contributed by atoms with van der Waals surface area (Å²) in [6, 6.07) is -0.0217. The van der Waals surface area contributed by atoms with Gasteiger partial charge in [-0.2, -0.15) is 0 Å². The highest BCUT2D eigenvalue weighted by Gasteiger charge is 2.41. The Hall–Kier alpha value is -0.570. The summed E-state index contributed by atoms with van der Waals surface area (Å²) in [5, 5.41) is 3.25. The maximum absolute atomic E-state index is 11.6. The lowest BCUT2D eigenvalue weighted by Gasteiger charge is -2.30. The monoisotopic (exact) mass is 170 g/mol. The normalized spacial score (nSPS) is 28.2. The molecule has 12 heavy (non-hydrogen) atoms. The predicted molar refractivity (Wildman–Crippen MR) is 48.7 cm³/mol. The van der Waals surface area contributed by atoms with Gasteiger partial charge in [-0.25, -0.2) is 0 Å². The van der Waals surface area contributed by atoms with Gasteiger partial charge in [-0.05, 0) is 27.2 Å². The van der Waals surface area contributed by atoms with Crippen molar-refractivity contribution in [1.29, 1.82) is 0 Å². The van der Waals surface area contributed by atoms with Crippen molar-refractivity contribution >= 4 is 5.91 Å². The van der Waals surface area contributed by atoms with E-state index in [4.69, 9.17) is 0 Å². The standard InChI is InChI=1S/C9H18N2O/c1-5-6-11-8(12)7(2)10-9(11,3)4/h7,10H,5-6H2,1-4H3. The van der Waals surface area contributed by atoms with Crippen LogP contribution in [0.3, 0.4) is 0 Å². The molecule has 1 amide bonds. The average Bonchev–Trinajstić information content (AvgIpc) is 2.13. The topological polar surface area (TPSA) is 32.3 Å². The first-order valence-electron chi connectivity index (χ1n) is 4.58. The third-order valence-corrected chi connectivity index (χ3v) is 2.33. The zero-order chi connectivity index (χ0) is 9.35. The van der Waals surface area contributed by atoms with Crippen molar-refractivity contribution in [2.75, 3.05) is 6.54 Å². The molecule has 0 aliphatic carbocycles. The number of amides is 1. The van der Waals surface area contributed by atoms with Gasteiger partial charge >= 0.3 is 0 Å². The summed E-state index contributed by atoms with van der Waals surface area (Å²) in [6.07, 6.45) is 1.02. The van der Waals surface area contributed by atoms with Crippen molar-refractivity contribution in [2.24, 2.45) is 0 Å². The Morgan fingerprint density at radius 2 is 2.17 bits per heavy atom. The van der Waals surface area contributed by atoms with Crippen LogP contribution in [0, 0.1) is 0 Å². The Morgan fingerprint density at radius 3 is 2.50 bits per heavy atom. The summed E-state index contributed by atoms with van der Waals surface area (Å²) in [7, 11) is 0. The SMILES string of the molecule is CCCN1C(=O)C(C)NC1(C)C. The maximum Gasteiger partial charge on any atom is 0.240 e. The largest absolute Gasteiger partial charge is 0.324 e. The van der Waals surface area contributed by atoms with E-state index in [0.29, 0.717) is 0 Å². The van der Waals surface area contributed by atoms with Crippen molar-refractivity contribution in [3.63, 3.8) is 0 Å². The van der Waals surface area contributed by atoms with Gasteiger partial charge in [0.15, 0.2) is 0 Å². The van der Waals surface area contributed by atoms with Crippen LogP contribution in [0.15, 0.2) is 0 Å². The molecule has 70 valence electrons. The summed E-state index contributed by atoms with van der Waals surface area (Å²) in [5.74, 6) is 0.224. The number of rotatable bonds is 2. The van der Waals surface area contributed by atoms with E-state index in [1.54, 1.807) is 0 Å². The Balaban J connectivity index is 2.74. The highest BCUT2D eigenvalue weighted by atomic mass is 16.2. The van der Waals surface area contributed by atoms with E-state index < -0.39 is 0 Å². The van der Waals surface area contributed by atoms with Gasteiger partial charge in [0.1, 0.15) is 0 Å². The summed E-state index contributed by atoms with van der Waals surface area (Å²) >= 11 is 0. The van der Waals surface area contributed by atoms with Gasteiger partial charge in [0.05, 0.1) is 11.7 Å². The number of carbonyl (C=O) groups excluding carboxylic acids is 1. The molecule has 1 atom stereocenters. The molecule has 1 aliphatic rings. The minimum absolute atomic E-state index is 0.0217. The van der Waals surface area contributed by atoms with Gasteiger partial charge in [-0.1, -0.05) is 6.92 Å². The van der Waals surface area contributed by atoms with Crippen molar-refractivity contribution in [3.8, 4) is 0 Å². The smallest absolute Gasteiger partial charge is 0.240 e. The molecular formula is C9H18N2O. The minimum atomic E-state index is -0.160. The van der Waals surface area contributed by atoms with E-state index in [0.717, 1.165) is 13.0 Å². The molecule has 1 rings (SSSR count). The molecule has 0 aromatic carbocycles. The Morgan fingerprint density at radius 1 is 1.58 bits per heavy atom. The van der Waals surface area contributed by atoms with Crippen LogP contribution in [0.2, 0.25) is 0 Å². The van der Waals surface area contributed by atoms with Crippen LogP contribution in [0.4, 0.5) is 0 Å². The number of hydrogen-bond donors (Lipinski definition) is 1. The lowest BCUT2D eigenvalue weighted by Crippen LogP contribution is -2.47.